The number of hydrogen-bond acceptors (Lipinski definition) is 3. The van der Waals surface area contributed by atoms with E-state index in [1.54, 1.807) is 27.9 Å². The molecule has 2 heterocycles. The van der Waals surface area contributed by atoms with Gasteiger partial charge in [-0.05, 0) is 31.4 Å². The number of amides is 1. The van der Waals surface area contributed by atoms with Gasteiger partial charge in [-0.1, -0.05) is 17.7 Å². The summed E-state index contributed by atoms with van der Waals surface area (Å²) in [6.45, 7) is 0.688. The Hall–Kier alpha value is -1.46. The molecule has 3 nitrogen and oxygen atoms in total. The van der Waals surface area contributed by atoms with E-state index in [0.717, 1.165) is 12.8 Å². The lowest BCUT2D eigenvalue weighted by Gasteiger charge is -2.24. The number of nitrogens with zero attached hydrogens (tertiary/aromatic N) is 2. The summed E-state index contributed by atoms with van der Waals surface area (Å²) in [4.78, 5) is 18.3. The summed E-state index contributed by atoms with van der Waals surface area (Å²) < 4.78 is 13.9. The highest BCUT2D eigenvalue weighted by Gasteiger charge is 2.31. The third-order valence-corrected chi connectivity index (χ3v) is 4.73. The minimum atomic E-state index is -0.310. The molecule has 0 unspecified atom stereocenters. The van der Waals surface area contributed by atoms with E-state index in [9.17, 15) is 9.18 Å². The standard InChI is InChI=1S/C15H14ClFN2OS/c16-12-4-1-5-13(17)11(12)7-10-3-2-6-19(10)15(20)14-8-21-9-18-14/h1,4-5,8-10H,2-3,6-7H2/t10-/m1/s1. The SMILES string of the molecule is O=C(c1cscn1)N1CCC[C@@H]1Cc1c(F)cccc1Cl. The highest BCUT2D eigenvalue weighted by Crippen LogP contribution is 2.27. The van der Waals surface area contributed by atoms with Gasteiger partial charge in [0, 0.05) is 28.6 Å². The maximum Gasteiger partial charge on any atom is 0.273 e. The van der Waals surface area contributed by atoms with Crippen LogP contribution in [0, 0.1) is 5.82 Å². The lowest BCUT2D eigenvalue weighted by Crippen LogP contribution is -2.37. The molecule has 0 spiro atoms. The molecule has 1 aromatic heterocycles. The minimum absolute atomic E-state index is 0.0198. The van der Waals surface area contributed by atoms with Crippen molar-refractivity contribution in [3.63, 3.8) is 0 Å². The zero-order valence-electron chi connectivity index (χ0n) is 11.3. The van der Waals surface area contributed by atoms with E-state index in [4.69, 9.17) is 11.6 Å². The topological polar surface area (TPSA) is 33.2 Å². The zero-order chi connectivity index (χ0) is 14.8. The first-order valence-corrected chi connectivity index (χ1v) is 8.11. The molecule has 1 saturated heterocycles. The second kappa shape index (κ2) is 6.12. The van der Waals surface area contributed by atoms with E-state index < -0.39 is 0 Å². The van der Waals surface area contributed by atoms with E-state index >= 15 is 0 Å². The molecule has 1 aromatic carbocycles. The Labute approximate surface area is 131 Å². The fourth-order valence-corrected chi connectivity index (χ4v) is 3.51. The third kappa shape index (κ3) is 2.94. The molecule has 1 aliphatic rings. The Bertz CT molecular complexity index is 627. The number of thiazole rings is 1. The quantitative estimate of drug-likeness (QED) is 0.860. The number of hydrogen-bond donors (Lipinski definition) is 0. The molecule has 1 amide bonds. The van der Waals surface area contributed by atoms with Crippen LogP contribution in [0.25, 0.3) is 0 Å². The van der Waals surface area contributed by atoms with Crippen LogP contribution < -0.4 is 0 Å². The number of likely N-dealkylation sites (tertiary alicyclic amines) is 1. The van der Waals surface area contributed by atoms with Gasteiger partial charge in [-0.2, -0.15) is 0 Å². The number of rotatable bonds is 3. The fraction of sp³-hybridized carbons (Fsp3) is 0.333. The second-order valence-corrected chi connectivity index (χ2v) is 6.20. The zero-order valence-corrected chi connectivity index (χ0v) is 12.8. The highest BCUT2D eigenvalue weighted by molar-refractivity contribution is 7.07. The van der Waals surface area contributed by atoms with Gasteiger partial charge in [0.15, 0.2) is 0 Å². The molecule has 1 fully saturated rings. The summed E-state index contributed by atoms with van der Waals surface area (Å²) in [6, 6.07) is 4.66. The first-order chi connectivity index (χ1) is 10.2. The van der Waals surface area contributed by atoms with Gasteiger partial charge in [0.05, 0.1) is 5.51 Å². The van der Waals surface area contributed by atoms with Crippen LogP contribution in [0.3, 0.4) is 0 Å². The van der Waals surface area contributed by atoms with Crippen LogP contribution in [0.4, 0.5) is 4.39 Å². The number of halogens is 2. The third-order valence-electron chi connectivity index (χ3n) is 3.79. The largest absolute Gasteiger partial charge is 0.334 e. The second-order valence-electron chi connectivity index (χ2n) is 5.07. The van der Waals surface area contributed by atoms with Crippen molar-refractivity contribution in [3.8, 4) is 0 Å². The molecule has 0 aliphatic carbocycles. The lowest BCUT2D eigenvalue weighted by molar-refractivity contribution is 0.0730. The summed E-state index contributed by atoms with van der Waals surface area (Å²) in [5.41, 5.74) is 2.60. The molecule has 0 bridgehead atoms. The van der Waals surface area contributed by atoms with Crippen LogP contribution in [-0.4, -0.2) is 28.4 Å². The average molecular weight is 325 g/mol. The average Bonchev–Trinajstić information content (AvgIpc) is 3.13. The van der Waals surface area contributed by atoms with Gasteiger partial charge in [0.1, 0.15) is 11.5 Å². The fourth-order valence-electron chi connectivity index (χ4n) is 2.74. The molecule has 0 radical (unpaired) electrons. The molecule has 6 heteroatoms. The van der Waals surface area contributed by atoms with Crippen molar-refractivity contribution in [2.75, 3.05) is 6.54 Å². The smallest absolute Gasteiger partial charge is 0.273 e. The Morgan fingerprint density at radius 3 is 3.10 bits per heavy atom. The molecule has 0 N–H and O–H groups in total. The van der Waals surface area contributed by atoms with Crippen LogP contribution in [0.1, 0.15) is 28.9 Å². The van der Waals surface area contributed by atoms with Crippen LogP contribution in [0.2, 0.25) is 5.02 Å². The minimum Gasteiger partial charge on any atom is -0.334 e. The van der Waals surface area contributed by atoms with Gasteiger partial charge in [0.2, 0.25) is 0 Å². The maximum absolute atomic E-state index is 13.9. The number of carbonyl (C=O) groups is 1. The number of carbonyl (C=O) groups excluding carboxylic acids is 1. The molecule has 21 heavy (non-hydrogen) atoms. The highest BCUT2D eigenvalue weighted by atomic mass is 35.5. The summed E-state index contributed by atoms with van der Waals surface area (Å²) in [5.74, 6) is -0.387. The Morgan fingerprint density at radius 2 is 2.38 bits per heavy atom. The molecule has 0 saturated carbocycles. The van der Waals surface area contributed by atoms with E-state index in [-0.39, 0.29) is 17.8 Å². The molecular weight excluding hydrogens is 311 g/mol. The molecule has 110 valence electrons. The van der Waals surface area contributed by atoms with Crippen molar-refractivity contribution in [2.24, 2.45) is 0 Å². The van der Waals surface area contributed by atoms with E-state index in [1.165, 1.54) is 17.4 Å². The van der Waals surface area contributed by atoms with E-state index in [1.807, 2.05) is 0 Å². The van der Waals surface area contributed by atoms with Gasteiger partial charge < -0.3 is 4.90 Å². The van der Waals surface area contributed by atoms with Crippen molar-refractivity contribution in [1.82, 2.24) is 9.88 Å². The van der Waals surface area contributed by atoms with Crippen molar-refractivity contribution in [2.45, 2.75) is 25.3 Å². The summed E-state index contributed by atoms with van der Waals surface area (Å²) >= 11 is 7.48. The van der Waals surface area contributed by atoms with Crippen LogP contribution in [-0.2, 0) is 6.42 Å². The van der Waals surface area contributed by atoms with E-state index in [0.29, 0.717) is 29.2 Å². The summed E-state index contributed by atoms with van der Waals surface area (Å²) in [7, 11) is 0. The van der Waals surface area contributed by atoms with Crippen LogP contribution in [0.5, 0.6) is 0 Å². The molecule has 3 rings (SSSR count). The molecule has 2 aromatic rings. The summed E-state index contributed by atoms with van der Waals surface area (Å²) in [5, 5.41) is 2.16. The van der Waals surface area contributed by atoms with Gasteiger partial charge >= 0.3 is 0 Å². The van der Waals surface area contributed by atoms with Gasteiger partial charge in [0.25, 0.3) is 5.91 Å². The number of aromatic nitrogens is 1. The molecule has 1 aliphatic heterocycles. The molecular formula is C15H14ClFN2OS. The predicted molar refractivity (Wildman–Crippen MR) is 81.3 cm³/mol. The van der Waals surface area contributed by atoms with Crippen molar-refractivity contribution >= 4 is 28.8 Å². The van der Waals surface area contributed by atoms with Crippen molar-refractivity contribution in [1.29, 1.82) is 0 Å². The monoisotopic (exact) mass is 324 g/mol. The van der Waals surface area contributed by atoms with Crippen LogP contribution in [0.15, 0.2) is 29.1 Å². The van der Waals surface area contributed by atoms with Gasteiger partial charge in [-0.15, -0.1) is 11.3 Å². The van der Waals surface area contributed by atoms with Crippen molar-refractivity contribution < 1.29 is 9.18 Å². The normalized spacial score (nSPS) is 18.2. The Morgan fingerprint density at radius 1 is 1.52 bits per heavy atom. The Kier molecular flexibility index (Phi) is 4.22. The Balaban J connectivity index is 1.80. The lowest BCUT2D eigenvalue weighted by atomic mass is 10.0. The van der Waals surface area contributed by atoms with Gasteiger partial charge in [-0.3, -0.25) is 4.79 Å². The molecule has 1 atom stereocenters. The number of benzene rings is 1. The first kappa shape index (κ1) is 14.5. The predicted octanol–water partition coefficient (Wildman–Crippen LogP) is 3.78. The van der Waals surface area contributed by atoms with Crippen molar-refractivity contribution in [3.05, 3.63) is 51.2 Å². The maximum atomic E-state index is 13.9. The summed E-state index contributed by atoms with van der Waals surface area (Å²) in [6.07, 6.45) is 2.23. The van der Waals surface area contributed by atoms with Crippen LogP contribution >= 0.6 is 22.9 Å². The first-order valence-electron chi connectivity index (χ1n) is 6.79. The van der Waals surface area contributed by atoms with Gasteiger partial charge in [-0.25, -0.2) is 9.37 Å². The van der Waals surface area contributed by atoms with E-state index in [2.05, 4.69) is 4.98 Å².